The van der Waals surface area contributed by atoms with Crippen molar-refractivity contribution in [3.63, 3.8) is 0 Å². The van der Waals surface area contributed by atoms with Gasteiger partial charge in [-0.3, -0.25) is 14.4 Å². The molecule has 0 saturated carbocycles. The summed E-state index contributed by atoms with van der Waals surface area (Å²) in [6.45, 7) is 4.29. The van der Waals surface area contributed by atoms with Gasteiger partial charge in [0.1, 0.15) is 5.69 Å². The fraction of sp³-hybridized carbons (Fsp3) is 0.478. The number of aryl methyl sites for hydroxylation is 1. The van der Waals surface area contributed by atoms with Crippen molar-refractivity contribution >= 4 is 17.5 Å². The van der Waals surface area contributed by atoms with Crippen molar-refractivity contribution in [2.24, 2.45) is 0 Å². The molecule has 2 saturated heterocycles. The molecule has 4 rings (SSSR count). The fourth-order valence-electron chi connectivity index (χ4n) is 4.60. The molecular weight excluding hydrogens is 394 g/mol. The zero-order chi connectivity index (χ0) is 22.0. The Kier molecular flexibility index (Phi) is 6.06. The average molecular weight is 424 g/mol. The van der Waals surface area contributed by atoms with Crippen molar-refractivity contribution in [3.8, 4) is 0 Å². The van der Waals surface area contributed by atoms with Gasteiger partial charge in [0, 0.05) is 56.3 Å². The SMILES string of the molecule is CCc1ccc(C2CC(=O)N(C3CCN(c4ccc(C(=O)NC)nc4)CC3)C2)[nH]c1=O. The first-order valence-corrected chi connectivity index (χ1v) is 10.9. The molecule has 2 aromatic heterocycles. The maximum absolute atomic E-state index is 12.7. The molecule has 31 heavy (non-hydrogen) atoms. The molecule has 0 radical (unpaired) electrons. The summed E-state index contributed by atoms with van der Waals surface area (Å²) in [4.78, 5) is 48.0. The number of hydrogen-bond donors (Lipinski definition) is 2. The second-order valence-electron chi connectivity index (χ2n) is 8.27. The van der Waals surface area contributed by atoms with Crippen LogP contribution in [0.2, 0.25) is 0 Å². The molecule has 8 heteroatoms. The van der Waals surface area contributed by atoms with Crippen LogP contribution in [0, 0.1) is 0 Å². The van der Waals surface area contributed by atoms with Gasteiger partial charge in [0.05, 0.1) is 11.9 Å². The number of rotatable bonds is 5. The van der Waals surface area contributed by atoms with Crippen molar-refractivity contribution in [1.29, 1.82) is 0 Å². The molecule has 2 amide bonds. The molecule has 4 heterocycles. The van der Waals surface area contributed by atoms with Crippen LogP contribution in [0.15, 0.2) is 35.3 Å². The predicted octanol–water partition coefficient (Wildman–Crippen LogP) is 1.68. The third-order valence-corrected chi connectivity index (χ3v) is 6.47. The van der Waals surface area contributed by atoms with Crippen LogP contribution in [-0.4, -0.2) is 59.4 Å². The minimum atomic E-state index is -0.196. The first kappa shape index (κ1) is 21.1. The average Bonchev–Trinajstić information content (AvgIpc) is 3.20. The Labute approximate surface area is 181 Å². The lowest BCUT2D eigenvalue weighted by Gasteiger charge is -2.37. The highest BCUT2D eigenvalue weighted by Gasteiger charge is 2.37. The second-order valence-corrected chi connectivity index (χ2v) is 8.27. The van der Waals surface area contributed by atoms with E-state index in [0.29, 0.717) is 25.1 Å². The molecule has 1 atom stereocenters. The van der Waals surface area contributed by atoms with Gasteiger partial charge < -0.3 is 20.1 Å². The Morgan fingerprint density at radius 2 is 1.97 bits per heavy atom. The van der Waals surface area contributed by atoms with Crippen LogP contribution < -0.4 is 15.8 Å². The van der Waals surface area contributed by atoms with Gasteiger partial charge in [-0.2, -0.15) is 0 Å². The number of anilines is 1. The highest BCUT2D eigenvalue weighted by Crippen LogP contribution is 2.31. The van der Waals surface area contributed by atoms with E-state index in [-0.39, 0.29) is 29.3 Å². The molecular formula is C23H29N5O3. The lowest BCUT2D eigenvalue weighted by atomic mass is 10.0. The zero-order valence-corrected chi connectivity index (χ0v) is 18.1. The lowest BCUT2D eigenvalue weighted by Crippen LogP contribution is -2.45. The summed E-state index contributed by atoms with van der Waals surface area (Å²) in [5, 5.41) is 2.57. The van der Waals surface area contributed by atoms with E-state index in [1.54, 1.807) is 19.3 Å². The van der Waals surface area contributed by atoms with Crippen molar-refractivity contribution in [3.05, 3.63) is 57.8 Å². The quantitative estimate of drug-likeness (QED) is 0.762. The number of aromatic amines is 1. The summed E-state index contributed by atoms with van der Waals surface area (Å²) in [6, 6.07) is 7.71. The number of aromatic nitrogens is 2. The summed E-state index contributed by atoms with van der Waals surface area (Å²) in [5.41, 5.74) is 2.98. The lowest BCUT2D eigenvalue weighted by molar-refractivity contribution is -0.130. The van der Waals surface area contributed by atoms with Gasteiger partial charge in [-0.05, 0) is 37.5 Å². The predicted molar refractivity (Wildman–Crippen MR) is 118 cm³/mol. The molecule has 1 unspecified atom stereocenters. The molecule has 2 fully saturated rings. The summed E-state index contributed by atoms with van der Waals surface area (Å²) in [5.74, 6) is 0.0177. The van der Waals surface area contributed by atoms with Crippen LogP contribution >= 0.6 is 0 Å². The number of carbonyl (C=O) groups excluding carboxylic acids is 2. The number of pyridine rings is 2. The molecule has 2 N–H and O–H groups in total. The number of piperidine rings is 1. The third-order valence-electron chi connectivity index (χ3n) is 6.47. The normalized spacial score (nSPS) is 19.7. The molecule has 0 aliphatic carbocycles. The topological polar surface area (TPSA) is 98.4 Å². The minimum Gasteiger partial charge on any atom is -0.370 e. The maximum atomic E-state index is 12.7. The van der Waals surface area contributed by atoms with Gasteiger partial charge in [-0.15, -0.1) is 0 Å². The van der Waals surface area contributed by atoms with E-state index in [2.05, 4.69) is 20.2 Å². The Morgan fingerprint density at radius 1 is 1.19 bits per heavy atom. The highest BCUT2D eigenvalue weighted by atomic mass is 16.2. The fourth-order valence-corrected chi connectivity index (χ4v) is 4.60. The van der Waals surface area contributed by atoms with Crippen LogP contribution in [-0.2, 0) is 11.2 Å². The Bertz CT molecular complexity index is 1010. The zero-order valence-electron chi connectivity index (χ0n) is 18.1. The van der Waals surface area contributed by atoms with E-state index in [4.69, 9.17) is 0 Å². The van der Waals surface area contributed by atoms with Gasteiger partial charge >= 0.3 is 0 Å². The van der Waals surface area contributed by atoms with E-state index in [0.717, 1.165) is 42.9 Å². The molecule has 2 aliphatic rings. The molecule has 0 aromatic carbocycles. The summed E-state index contributed by atoms with van der Waals surface area (Å²) in [7, 11) is 1.59. The first-order valence-electron chi connectivity index (χ1n) is 10.9. The van der Waals surface area contributed by atoms with Crippen molar-refractivity contribution in [2.45, 2.75) is 44.6 Å². The van der Waals surface area contributed by atoms with E-state index in [1.165, 1.54) is 0 Å². The molecule has 0 bridgehead atoms. The van der Waals surface area contributed by atoms with Gasteiger partial charge in [0.2, 0.25) is 5.91 Å². The number of amides is 2. The number of carbonyl (C=O) groups is 2. The van der Waals surface area contributed by atoms with Crippen LogP contribution in [0.1, 0.15) is 53.8 Å². The molecule has 164 valence electrons. The van der Waals surface area contributed by atoms with Crippen molar-refractivity contribution in [1.82, 2.24) is 20.2 Å². The summed E-state index contributed by atoms with van der Waals surface area (Å²) in [6.07, 6.45) is 4.67. The monoisotopic (exact) mass is 423 g/mol. The third kappa shape index (κ3) is 4.33. The first-order chi connectivity index (χ1) is 15.0. The Morgan fingerprint density at radius 3 is 2.58 bits per heavy atom. The van der Waals surface area contributed by atoms with Crippen LogP contribution in [0.25, 0.3) is 0 Å². The van der Waals surface area contributed by atoms with Crippen LogP contribution in [0.5, 0.6) is 0 Å². The molecule has 8 nitrogen and oxygen atoms in total. The van der Waals surface area contributed by atoms with Crippen molar-refractivity contribution < 1.29 is 9.59 Å². The number of nitrogens with one attached hydrogen (secondary N) is 2. The number of likely N-dealkylation sites (tertiary alicyclic amines) is 1. The summed E-state index contributed by atoms with van der Waals surface area (Å²) < 4.78 is 0. The maximum Gasteiger partial charge on any atom is 0.269 e. The van der Waals surface area contributed by atoms with Gasteiger partial charge in [-0.1, -0.05) is 13.0 Å². The Balaban J connectivity index is 1.36. The van der Waals surface area contributed by atoms with Crippen molar-refractivity contribution in [2.75, 3.05) is 31.6 Å². The number of hydrogen-bond acceptors (Lipinski definition) is 5. The molecule has 0 spiro atoms. The smallest absolute Gasteiger partial charge is 0.269 e. The number of nitrogens with zero attached hydrogens (tertiary/aromatic N) is 3. The molecule has 2 aliphatic heterocycles. The Hall–Kier alpha value is -3.16. The van der Waals surface area contributed by atoms with Crippen LogP contribution in [0.4, 0.5) is 5.69 Å². The molecule has 2 aromatic rings. The van der Waals surface area contributed by atoms with E-state index >= 15 is 0 Å². The van der Waals surface area contributed by atoms with E-state index < -0.39 is 0 Å². The van der Waals surface area contributed by atoms with Gasteiger partial charge in [0.25, 0.3) is 11.5 Å². The second kappa shape index (κ2) is 8.91. The van der Waals surface area contributed by atoms with Crippen LogP contribution in [0.3, 0.4) is 0 Å². The minimum absolute atomic E-state index is 0.0461. The highest BCUT2D eigenvalue weighted by molar-refractivity contribution is 5.92. The standard InChI is InChI=1S/C23H29N5O3/c1-3-15-4-6-19(26-22(15)30)16-12-21(29)28(14-16)17-8-10-27(11-9-17)18-5-7-20(25-13-18)23(31)24-2/h4-7,13,16-17H,3,8-12,14H2,1-2H3,(H,24,31)(H,26,30). The van der Waals surface area contributed by atoms with Gasteiger partial charge in [0.15, 0.2) is 0 Å². The number of H-pyrrole nitrogens is 1. The largest absolute Gasteiger partial charge is 0.370 e. The van der Waals surface area contributed by atoms with Gasteiger partial charge in [-0.25, -0.2) is 4.98 Å². The summed E-state index contributed by atoms with van der Waals surface area (Å²) >= 11 is 0. The van der Waals surface area contributed by atoms with E-state index in [1.807, 2.05) is 30.0 Å². The van der Waals surface area contributed by atoms with E-state index in [9.17, 15) is 14.4 Å².